The molecule has 1 atom stereocenters. The minimum Gasteiger partial charge on any atom is -0.324 e. The number of nitrogens with two attached hydrogens (primary N) is 1. The second-order valence-corrected chi connectivity index (χ2v) is 3.50. The van der Waals surface area contributed by atoms with E-state index in [1.807, 2.05) is 6.92 Å². The van der Waals surface area contributed by atoms with Crippen molar-refractivity contribution in [3.63, 3.8) is 0 Å². The molecule has 0 spiro atoms. The minimum absolute atomic E-state index is 0.222. The summed E-state index contributed by atoms with van der Waals surface area (Å²) in [6.45, 7) is 1.93. The van der Waals surface area contributed by atoms with Gasteiger partial charge >= 0.3 is 0 Å². The summed E-state index contributed by atoms with van der Waals surface area (Å²) in [5, 5.41) is 0. The number of hydrogen-bond acceptors (Lipinski definition) is 1. The van der Waals surface area contributed by atoms with Crippen LogP contribution in [0.2, 0.25) is 0 Å². The molecule has 0 amide bonds. The first-order valence-electron chi connectivity index (χ1n) is 3.86. The van der Waals surface area contributed by atoms with E-state index in [2.05, 4.69) is 15.9 Å². The van der Waals surface area contributed by atoms with Gasteiger partial charge in [-0.1, -0.05) is 28.9 Å². The zero-order valence-electron chi connectivity index (χ0n) is 6.85. The largest absolute Gasteiger partial charge is 0.324 e. The average Bonchev–Trinajstić information content (AvgIpc) is 2.03. The van der Waals surface area contributed by atoms with E-state index < -0.39 is 0 Å². The molecule has 0 aliphatic carbocycles. The molecule has 0 aromatic heterocycles. The number of hydrogen-bond donors (Lipinski definition) is 1. The maximum Gasteiger partial charge on any atom is 0.129 e. The molecule has 0 fully saturated rings. The van der Waals surface area contributed by atoms with Crippen LogP contribution in [0, 0.1) is 5.82 Å². The highest BCUT2D eigenvalue weighted by Crippen LogP contribution is 2.26. The lowest BCUT2D eigenvalue weighted by Crippen LogP contribution is -2.11. The summed E-state index contributed by atoms with van der Waals surface area (Å²) in [6.07, 6.45) is 0.736. The van der Waals surface area contributed by atoms with Crippen LogP contribution >= 0.6 is 15.9 Å². The SMILES string of the molecule is CC[C@@H](N)c1c(F)cccc1Br. The Morgan fingerprint density at radius 2 is 2.25 bits per heavy atom. The lowest BCUT2D eigenvalue weighted by molar-refractivity contribution is 0.573. The fraction of sp³-hybridized carbons (Fsp3) is 0.333. The molecule has 0 aliphatic heterocycles. The number of benzene rings is 1. The molecule has 0 aliphatic rings. The minimum atomic E-state index is -0.237. The Kier molecular flexibility index (Phi) is 3.23. The first kappa shape index (κ1) is 9.68. The molecule has 66 valence electrons. The Balaban J connectivity index is 3.12. The molecule has 0 heterocycles. The van der Waals surface area contributed by atoms with E-state index >= 15 is 0 Å². The van der Waals surface area contributed by atoms with Crippen LogP contribution in [0.15, 0.2) is 22.7 Å². The van der Waals surface area contributed by atoms with Crippen LogP contribution in [0.4, 0.5) is 4.39 Å². The smallest absolute Gasteiger partial charge is 0.129 e. The summed E-state index contributed by atoms with van der Waals surface area (Å²) in [7, 11) is 0. The van der Waals surface area contributed by atoms with Gasteiger partial charge in [0.1, 0.15) is 5.82 Å². The van der Waals surface area contributed by atoms with Gasteiger partial charge in [-0.2, -0.15) is 0 Å². The molecule has 0 saturated heterocycles. The maximum atomic E-state index is 13.2. The van der Waals surface area contributed by atoms with Gasteiger partial charge in [-0.3, -0.25) is 0 Å². The fourth-order valence-corrected chi connectivity index (χ4v) is 1.71. The van der Waals surface area contributed by atoms with E-state index in [9.17, 15) is 4.39 Å². The second kappa shape index (κ2) is 4.01. The van der Waals surface area contributed by atoms with Crippen molar-refractivity contribution in [1.29, 1.82) is 0 Å². The monoisotopic (exact) mass is 231 g/mol. The van der Waals surface area contributed by atoms with Gasteiger partial charge in [0, 0.05) is 16.1 Å². The molecular weight excluding hydrogens is 221 g/mol. The van der Waals surface area contributed by atoms with Crippen LogP contribution in [0.5, 0.6) is 0 Å². The van der Waals surface area contributed by atoms with Crippen LogP contribution in [-0.4, -0.2) is 0 Å². The molecule has 1 nitrogen and oxygen atoms in total. The van der Waals surface area contributed by atoms with Crippen LogP contribution < -0.4 is 5.73 Å². The van der Waals surface area contributed by atoms with E-state index in [-0.39, 0.29) is 11.9 Å². The maximum absolute atomic E-state index is 13.2. The molecule has 1 aromatic carbocycles. The Bertz CT molecular complexity index is 255. The molecule has 12 heavy (non-hydrogen) atoms. The lowest BCUT2D eigenvalue weighted by atomic mass is 10.1. The second-order valence-electron chi connectivity index (χ2n) is 2.65. The molecule has 0 saturated carbocycles. The first-order valence-corrected chi connectivity index (χ1v) is 4.65. The molecule has 0 radical (unpaired) electrons. The van der Waals surface area contributed by atoms with Crippen molar-refractivity contribution in [3.05, 3.63) is 34.1 Å². The highest BCUT2D eigenvalue weighted by atomic mass is 79.9. The third-order valence-electron chi connectivity index (χ3n) is 1.81. The van der Waals surface area contributed by atoms with E-state index in [0.717, 1.165) is 10.9 Å². The molecule has 1 rings (SSSR count). The third kappa shape index (κ3) is 1.84. The Morgan fingerprint density at radius 3 is 2.75 bits per heavy atom. The Hall–Kier alpha value is -0.410. The fourth-order valence-electron chi connectivity index (χ4n) is 1.07. The van der Waals surface area contributed by atoms with Gasteiger partial charge in [0.2, 0.25) is 0 Å². The summed E-state index contributed by atoms with van der Waals surface area (Å²) in [5.41, 5.74) is 6.30. The van der Waals surface area contributed by atoms with Gasteiger partial charge in [-0.25, -0.2) is 4.39 Å². The van der Waals surface area contributed by atoms with Crippen molar-refractivity contribution in [2.75, 3.05) is 0 Å². The molecular formula is C9H11BrFN. The standard InChI is InChI=1S/C9H11BrFN/c1-2-8(12)9-6(10)4-3-5-7(9)11/h3-5,8H,2,12H2,1H3/t8-/m1/s1. The van der Waals surface area contributed by atoms with Crippen molar-refractivity contribution in [1.82, 2.24) is 0 Å². The average molecular weight is 232 g/mol. The van der Waals surface area contributed by atoms with E-state index in [1.54, 1.807) is 12.1 Å². The van der Waals surface area contributed by atoms with Gasteiger partial charge in [0.25, 0.3) is 0 Å². The van der Waals surface area contributed by atoms with Gasteiger partial charge in [0.05, 0.1) is 0 Å². The predicted octanol–water partition coefficient (Wildman–Crippen LogP) is 3.00. The van der Waals surface area contributed by atoms with E-state index in [4.69, 9.17) is 5.73 Å². The van der Waals surface area contributed by atoms with Crippen LogP contribution in [0.1, 0.15) is 24.9 Å². The van der Waals surface area contributed by atoms with Gasteiger partial charge in [0.15, 0.2) is 0 Å². The third-order valence-corrected chi connectivity index (χ3v) is 2.50. The van der Waals surface area contributed by atoms with Crippen molar-refractivity contribution >= 4 is 15.9 Å². The summed E-state index contributed by atoms with van der Waals surface area (Å²) >= 11 is 3.27. The van der Waals surface area contributed by atoms with Crippen molar-refractivity contribution in [3.8, 4) is 0 Å². The normalized spacial score (nSPS) is 13.0. The first-order chi connectivity index (χ1) is 5.66. The molecule has 0 bridgehead atoms. The van der Waals surface area contributed by atoms with Gasteiger partial charge < -0.3 is 5.73 Å². The topological polar surface area (TPSA) is 26.0 Å². The Labute approximate surface area is 79.9 Å². The van der Waals surface area contributed by atoms with Crippen molar-refractivity contribution in [2.45, 2.75) is 19.4 Å². The molecule has 2 N–H and O–H groups in total. The Morgan fingerprint density at radius 1 is 1.58 bits per heavy atom. The predicted molar refractivity (Wildman–Crippen MR) is 51.3 cm³/mol. The number of halogens is 2. The molecule has 3 heteroatoms. The van der Waals surface area contributed by atoms with Crippen LogP contribution in [0.3, 0.4) is 0 Å². The van der Waals surface area contributed by atoms with Crippen LogP contribution in [-0.2, 0) is 0 Å². The van der Waals surface area contributed by atoms with Crippen LogP contribution in [0.25, 0.3) is 0 Å². The summed E-state index contributed by atoms with van der Waals surface area (Å²) in [4.78, 5) is 0. The number of rotatable bonds is 2. The highest BCUT2D eigenvalue weighted by Gasteiger charge is 2.12. The zero-order valence-corrected chi connectivity index (χ0v) is 8.44. The lowest BCUT2D eigenvalue weighted by Gasteiger charge is -2.11. The molecule has 0 unspecified atom stereocenters. The zero-order chi connectivity index (χ0) is 9.14. The summed E-state index contributed by atoms with van der Waals surface area (Å²) < 4.78 is 13.9. The van der Waals surface area contributed by atoms with E-state index in [0.29, 0.717) is 5.56 Å². The van der Waals surface area contributed by atoms with E-state index in [1.165, 1.54) is 6.07 Å². The van der Waals surface area contributed by atoms with Gasteiger partial charge in [-0.15, -0.1) is 0 Å². The summed E-state index contributed by atoms with van der Waals surface area (Å²) in [6, 6.07) is 4.66. The summed E-state index contributed by atoms with van der Waals surface area (Å²) in [5.74, 6) is -0.237. The van der Waals surface area contributed by atoms with Gasteiger partial charge in [-0.05, 0) is 18.6 Å². The van der Waals surface area contributed by atoms with Crippen molar-refractivity contribution in [2.24, 2.45) is 5.73 Å². The highest BCUT2D eigenvalue weighted by molar-refractivity contribution is 9.10. The molecule has 1 aromatic rings. The van der Waals surface area contributed by atoms with Crippen molar-refractivity contribution < 1.29 is 4.39 Å². The quantitative estimate of drug-likeness (QED) is 0.833.